The van der Waals surface area contributed by atoms with Crippen molar-refractivity contribution in [3.63, 3.8) is 0 Å². The summed E-state index contributed by atoms with van der Waals surface area (Å²) in [6.07, 6.45) is 1.69. The summed E-state index contributed by atoms with van der Waals surface area (Å²) < 4.78 is 0. The Bertz CT molecular complexity index is 2050. The van der Waals surface area contributed by atoms with Crippen molar-refractivity contribution < 1.29 is 39.3 Å². The molecule has 0 N–H and O–H groups in total. The number of carbonyl (C=O) groups is 4. The molecule has 4 aromatic carbocycles. The maximum atomic E-state index is 13.4. The van der Waals surface area contributed by atoms with Gasteiger partial charge in [0.05, 0.1) is 22.3 Å². The Morgan fingerprint density at radius 3 is 1.63 bits per heavy atom. The van der Waals surface area contributed by atoms with Crippen LogP contribution in [0.4, 0.5) is 11.9 Å². The Balaban J connectivity index is 0.00000300. The fourth-order valence-electron chi connectivity index (χ4n) is 5.42. The van der Waals surface area contributed by atoms with Gasteiger partial charge in [-0.15, -0.1) is 23.6 Å². The van der Waals surface area contributed by atoms with Gasteiger partial charge in [-0.05, 0) is 41.2 Å². The molecule has 0 fully saturated rings. The first-order valence-corrected chi connectivity index (χ1v) is 12.9. The predicted octanol–water partition coefficient (Wildman–Crippen LogP) is 4.64. The van der Waals surface area contributed by atoms with E-state index in [1.54, 1.807) is 66.9 Å². The molecule has 0 spiro atoms. The van der Waals surface area contributed by atoms with Crippen LogP contribution in [0.1, 0.15) is 41.4 Å². The van der Waals surface area contributed by atoms with Crippen LogP contribution in [0.2, 0.25) is 0 Å². The van der Waals surface area contributed by atoms with E-state index >= 15 is 0 Å². The Hall–Kier alpha value is -5.51. The number of hydrogen-bond acceptors (Lipinski definition) is 8. The normalized spacial score (nSPS) is 14.0. The van der Waals surface area contributed by atoms with Crippen LogP contribution in [0.25, 0.3) is 33.1 Å². The summed E-state index contributed by atoms with van der Waals surface area (Å²) in [7, 11) is 0. The molecule has 0 unspecified atom stereocenters. The van der Waals surface area contributed by atoms with Gasteiger partial charge in [-0.1, -0.05) is 53.4 Å². The van der Waals surface area contributed by atoms with E-state index in [2.05, 4.69) is 26.0 Å². The van der Waals surface area contributed by atoms with Gasteiger partial charge in [0.25, 0.3) is 23.6 Å². The van der Waals surface area contributed by atoms with E-state index in [9.17, 15) is 19.2 Å². The zero-order valence-electron chi connectivity index (χ0n) is 21.8. The van der Waals surface area contributed by atoms with Gasteiger partial charge < -0.3 is 4.98 Å². The second kappa shape index (κ2) is 9.80. The van der Waals surface area contributed by atoms with Crippen molar-refractivity contribution in [2.75, 3.05) is 9.80 Å². The van der Waals surface area contributed by atoms with E-state index in [1.165, 1.54) is 0 Å². The molecule has 0 atom stereocenters. The molecule has 0 saturated heterocycles. The van der Waals surface area contributed by atoms with Crippen LogP contribution in [0.3, 0.4) is 0 Å². The quantitative estimate of drug-likeness (QED) is 0.146. The zero-order chi connectivity index (χ0) is 28.5. The van der Waals surface area contributed by atoms with E-state index in [0.717, 1.165) is 15.2 Å². The second-order valence-electron chi connectivity index (χ2n) is 9.70. The van der Waals surface area contributed by atoms with E-state index in [-0.39, 0.29) is 60.1 Å². The molecule has 0 saturated carbocycles. The number of nitrogens with zero attached hydrogens (tertiary/aromatic N) is 6. The van der Waals surface area contributed by atoms with Gasteiger partial charge >= 0.3 is 0 Å². The summed E-state index contributed by atoms with van der Waals surface area (Å²) in [4.78, 5) is 73.2. The molecule has 4 amide bonds. The van der Waals surface area contributed by atoms with E-state index in [1.807, 2.05) is 24.3 Å². The Labute approximate surface area is 256 Å². The third-order valence-corrected chi connectivity index (χ3v) is 7.38. The summed E-state index contributed by atoms with van der Waals surface area (Å²) in [6, 6.07) is 27.0. The van der Waals surface area contributed by atoms with Crippen molar-refractivity contribution in [1.29, 1.82) is 0 Å². The number of pyridine rings is 1. The Morgan fingerprint density at radius 1 is 0.558 bits per heavy atom. The minimum absolute atomic E-state index is 0. The molecule has 2 aliphatic heterocycles. The van der Waals surface area contributed by atoms with Crippen molar-refractivity contribution in [3.05, 3.63) is 119 Å². The average Bonchev–Trinajstić information content (AvgIpc) is 3.44. The van der Waals surface area contributed by atoms with E-state index < -0.39 is 23.6 Å². The SMILES string of the molecule is O=C1c2ccccc2C(=O)N1c1nc(-c2cc[c-]c3c2ccc2cccnc23)nc(N2C(=O)c3ccccc3C2=O)n1.[Ir]. The number of amides is 4. The summed E-state index contributed by atoms with van der Waals surface area (Å²) in [5.74, 6) is -3.05. The van der Waals surface area contributed by atoms with Gasteiger partial charge in [-0.3, -0.25) is 19.2 Å². The molecule has 2 aromatic heterocycles. The predicted molar refractivity (Wildman–Crippen MR) is 152 cm³/mol. The van der Waals surface area contributed by atoms with Crippen LogP contribution in [0.15, 0.2) is 91.1 Å². The first kappa shape index (κ1) is 26.4. The average molecular weight is 740 g/mol. The molecular formula is C32H15IrN6O4-. The molecule has 2 aliphatic rings. The molecule has 4 heterocycles. The van der Waals surface area contributed by atoms with Crippen LogP contribution >= 0.6 is 0 Å². The summed E-state index contributed by atoms with van der Waals surface area (Å²) >= 11 is 0. The van der Waals surface area contributed by atoms with Crippen LogP contribution in [0.5, 0.6) is 0 Å². The van der Waals surface area contributed by atoms with Gasteiger partial charge in [0.1, 0.15) is 5.82 Å². The molecule has 10 nitrogen and oxygen atoms in total. The van der Waals surface area contributed by atoms with Gasteiger partial charge in [0.2, 0.25) is 11.9 Å². The van der Waals surface area contributed by atoms with Crippen LogP contribution in [-0.2, 0) is 20.1 Å². The van der Waals surface area contributed by atoms with Gasteiger partial charge in [0, 0.05) is 26.3 Å². The Morgan fingerprint density at radius 2 is 1.09 bits per heavy atom. The van der Waals surface area contributed by atoms with Gasteiger partial charge in [0.15, 0.2) is 0 Å². The maximum absolute atomic E-state index is 13.4. The topological polar surface area (TPSA) is 126 Å². The number of imide groups is 2. The van der Waals surface area contributed by atoms with Crippen LogP contribution in [-0.4, -0.2) is 43.6 Å². The standard InChI is InChI=1S/C32H15N6O4.Ir/c39-27-21-8-1-2-9-22(21)28(40)37(27)31-34-26(20-13-5-12-19-18(20)15-14-17-7-6-16-33-25(17)19)35-32(36-31)38-29(41)23-10-3-4-11-24(23)30(38)42;/h1-11,13-16H;/q-1;. The monoisotopic (exact) mass is 740 g/mol. The van der Waals surface area contributed by atoms with Crippen molar-refractivity contribution in [2.45, 2.75) is 0 Å². The van der Waals surface area contributed by atoms with Crippen LogP contribution in [0, 0.1) is 6.07 Å². The third-order valence-electron chi connectivity index (χ3n) is 7.38. The number of hydrogen-bond donors (Lipinski definition) is 0. The van der Waals surface area contributed by atoms with Gasteiger partial charge in [-0.2, -0.15) is 15.0 Å². The molecule has 1 radical (unpaired) electrons. The zero-order valence-corrected chi connectivity index (χ0v) is 24.2. The molecule has 8 rings (SSSR count). The minimum Gasteiger partial charge on any atom is -0.304 e. The molecule has 0 aliphatic carbocycles. The Kier molecular flexibility index (Phi) is 6.01. The molecule has 0 bridgehead atoms. The van der Waals surface area contributed by atoms with E-state index in [4.69, 9.17) is 0 Å². The largest absolute Gasteiger partial charge is 0.304 e. The number of fused-ring (bicyclic) bond motifs is 5. The molecule has 11 heteroatoms. The first-order chi connectivity index (χ1) is 20.5. The summed E-state index contributed by atoms with van der Waals surface area (Å²) in [5, 5.41) is 2.31. The number of benzene rings is 4. The third kappa shape index (κ3) is 3.83. The fraction of sp³-hybridized carbons (Fsp3) is 0. The first-order valence-electron chi connectivity index (χ1n) is 12.9. The van der Waals surface area contributed by atoms with Crippen LogP contribution < -0.4 is 9.80 Å². The van der Waals surface area contributed by atoms with Crippen molar-refractivity contribution in [2.24, 2.45) is 0 Å². The van der Waals surface area contributed by atoms with Crippen molar-refractivity contribution in [1.82, 2.24) is 19.9 Å². The van der Waals surface area contributed by atoms with Crippen molar-refractivity contribution in [3.8, 4) is 11.4 Å². The number of aromatic nitrogens is 4. The van der Waals surface area contributed by atoms with Gasteiger partial charge in [-0.25, -0.2) is 9.80 Å². The number of anilines is 2. The summed E-state index contributed by atoms with van der Waals surface area (Å²) in [5.41, 5.74) is 2.02. The molecule has 207 valence electrons. The maximum Gasteiger partial charge on any atom is 0.268 e. The summed E-state index contributed by atoms with van der Waals surface area (Å²) in [6.45, 7) is 0. The second-order valence-corrected chi connectivity index (χ2v) is 9.70. The fourth-order valence-corrected chi connectivity index (χ4v) is 5.42. The molecule has 43 heavy (non-hydrogen) atoms. The molecule has 6 aromatic rings. The smallest absolute Gasteiger partial charge is 0.268 e. The minimum atomic E-state index is -0.623. The number of rotatable bonds is 3. The molecular weight excluding hydrogens is 725 g/mol. The number of carbonyl (C=O) groups excluding carboxylic acids is 4. The van der Waals surface area contributed by atoms with Crippen molar-refractivity contribution >= 4 is 57.2 Å². The van der Waals surface area contributed by atoms with E-state index in [0.29, 0.717) is 21.9 Å².